The summed E-state index contributed by atoms with van der Waals surface area (Å²) in [5, 5.41) is 21.3. The van der Waals surface area contributed by atoms with Crippen LogP contribution in [0.1, 0.15) is 67.0 Å². The molecule has 0 radical (unpaired) electrons. The molecule has 0 bridgehead atoms. The third-order valence-electron chi connectivity index (χ3n) is 8.03. The van der Waals surface area contributed by atoms with E-state index in [4.69, 9.17) is 0 Å². The normalized spacial score (nSPS) is 12.9. The second-order valence-electron chi connectivity index (χ2n) is 12.1. The van der Waals surface area contributed by atoms with Crippen molar-refractivity contribution in [3.63, 3.8) is 0 Å². The third-order valence-corrected chi connectivity index (χ3v) is 8.03. The molecule has 1 unspecified atom stereocenters. The molecule has 9 heteroatoms. The fourth-order valence-electron chi connectivity index (χ4n) is 5.66. The summed E-state index contributed by atoms with van der Waals surface area (Å²) in [5.74, 6) is 0.921. The number of carbonyl (C=O) groups is 2. The molecule has 0 aliphatic heterocycles. The van der Waals surface area contributed by atoms with Crippen LogP contribution in [-0.2, 0) is 24.9 Å². The van der Waals surface area contributed by atoms with Crippen LogP contribution >= 0.6 is 0 Å². The molecule has 0 fully saturated rings. The molecular weight excluding hydrogens is 564 g/mol. The minimum atomic E-state index is -0.705. The monoisotopic (exact) mass is 612 g/mol. The molecule has 1 aromatic heterocycles. The number of nitrogens with one attached hydrogen (secondary N) is 3. The number of aliphatic hydroxyl groups excluding tert-OH is 1. The van der Waals surface area contributed by atoms with Gasteiger partial charge in [0.2, 0.25) is 5.91 Å². The molecule has 4 rings (SSSR count). The number of hydrogen-bond donors (Lipinski definition) is 4. The van der Waals surface area contributed by atoms with Crippen LogP contribution in [0.5, 0.6) is 0 Å². The molecule has 0 saturated carbocycles. The van der Waals surface area contributed by atoms with Gasteiger partial charge in [-0.3, -0.25) is 9.59 Å². The number of imidazole rings is 1. The molecule has 0 aliphatic rings. The van der Waals surface area contributed by atoms with Crippen LogP contribution < -0.4 is 16.0 Å². The topological polar surface area (TPSA) is 112 Å². The van der Waals surface area contributed by atoms with Crippen LogP contribution in [-0.4, -0.2) is 63.7 Å². The summed E-state index contributed by atoms with van der Waals surface area (Å²) in [6.45, 7) is 9.84. The molecule has 4 aromatic rings. The zero-order valence-corrected chi connectivity index (χ0v) is 27.0. The number of hydrogen-bond acceptors (Lipinski definition) is 6. The second-order valence-corrected chi connectivity index (χ2v) is 12.1. The molecule has 1 heterocycles. The number of fused-ring (bicyclic) bond motifs is 1. The lowest BCUT2D eigenvalue weighted by atomic mass is 9.99. The van der Waals surface area contributed by atoms with Crippen molar-refractivity contribution < 1.29 is 14.7 Å². The fraction of sp³-hybridized carbons (Fsp3) is 0.417. The number of benzene rings is 3. The number of nitrogens with zero attached hydrogens (tertiary/aromatic N) is 3. The van der Waals surface area contributed by atoms with Crippen molar-refractivity contribution in [2.45, 2.75) is 58.8 Å². The number of aryl methyl sites for hydroxylation is 1. The van der Waals surface area contributed by atoms with Gasteiger partial charge in [0.25, 0.3) is 5.91 Å². The number of amides is 2. The van der Waals surface area contributed by atoms with E-state index in [-0.39, 0.29) is 24.5 Å². The van der Waals surface area contributed by atoms with Crippen molar-refractivity contribution in [2.75, 3.05) is 26.2 Å². The van der Waals surface area contributed by atoms with E-state index in [0.717, 1.165) is 40.8 Å². The second kappa shape index (κ2) is 16.9. The van der Waals surface area contributed by atoms with Crippen LogP contribution in [0.3, 0.4) is 0 Å². The Balaban J connectivity index is 1.41. The Hall–Kier alpha value is -4.05. The summed E-state index contributed by atoms with van der Waals surface area (Å²) in [5.41, 5.74) is 2.59. The van der Waals surface area contributed by atoms with Gasteiger partial charge >= 0.3 is 0 Å². The molecule has 45 heavy (non-hydrogen) atoms. The van der Waals surface area contributed by atoms with E-state index >= 15 is 0 Å². The largest absolute Gasteiger partial charge is 0.395 e. The van der Waals surface area contributed by atoms with Gasteiger partial charge < -0.3 is 30.5 Å². The van der Waals surface area contributed by atoms with Crippen LogP contribution in [0.25, 0.3) is 10.8 Å². The molecule has 2 atom stereocenters. The van der Waals surface area contributed by atoms with Crippen molar-refractivity contribution in [1.29, 1.82) is 0 Å². The Morgan fingerprint density at radius 1 is 0.933 bits per heavy atom. The number of carbonyl (C=O) groups excluding carboxylic acids is 2. The maximum absolute atomic E-state index is 13.7. The van der Waals surface area contributed by atoms with E-state index in [1.807, 2.05) is 61.1 Å². The Bertz CT molecular complexity index is 1510. The van der Waals surface area contributed by atoms with E-state index in [0.29, 0.717) is 44.0 Å². The summed E-state index contributed by atoms with van der Waals surface area (Å²) in [6, 6.07) is 20.7. The van der Waals surface area contributed by atoms with Crippen molar-refractivity contribution >= 4 is 22.6 Å². The molecule has 9 nitrogen and oxygen atoms in total. The van der Waals surface area contributed by atoms with E-state index in [1.54, 1.807) is 18.3 Å². The van der Waals surface area contributed by atoms with Crippen LogP contribution in [0.15, 0.2) is 79.1 Å². The lowest BCUT2D eigenvalue weighted by Crippen LogP contribution is -2.47. The molecule has 4 N–H and O–H groups in total. The Kier molecular flexibility index (Phi) is 12.7. The summed E-state index contributed by atoms with van der Waals surface area (Å²) < 4.78 is 1.98. The van der Waals surface area contributed by atoms with E-state index in [2.05, 4.69) is 57.9 Å². The van der Waals surface area contributed by atoms with Gasteiger partial charge in [0, 0.05) is 44.6 Å². The maximum atomic E-state index is 13.7. The Morgan fingerprint density at radius 3 is 2.40 bits per heavy atom. The quantitative estimate of drug-likeness (QED) is 0.139. The van der Waals surface area contributed by atoms with Gasteiger partial charge in [-0.2, -0.15) is 0 Å². The SMILES string of the molecule is CC(C)CN(CCO)CCCC(NC(=O)c1ccc(CNCc2nccn2C)cc1)C(=O)N[C@@H](C)c1cccc2ccccc12. The first-order valence-corrected chi connectivity index (χ1v) is 15.9. The highest BCUT2D eigenvalue weighted by atomic mass is 16.3. The number of rotatable bonds is 17. The summed E-state index contributed by atoms with van der Waals surface area (Å²) in [6.07, 6.45) is 4.88. The lowest BCUT2D eigenvalue weighted by Gasteiger charge is -2.26. The van der Waals surface area contributed by atoms with Gasteiger partial charge in [-0.15, -0.1) is 0 Å². The van der Waals surface area contributed by atoms with Gasteiger partial charge in [0.15, 0.2) is 0 Å². The first kappa shape index (κ1) is 33.8. The Labute approximate surface area is 267 Å². The van der Waals surface area contributed by atoms with Crippen LogP contribution in [0.2, 0.25) is 0 Å². The van der Waals surface area contributed by atoms with E-state index < -0.39 is 6.04 Å². The van der Waals surface area contributed by atoms with Crippen molar-refractivity contribution in [2.24, 2.45) is 13.0 Å². The third kappa shape index (κ3) is 9.97. The van der Waals surface area contributed by atoms with Crippen LogP contribution in [0, 0.1) is 5.92 Å². The van der Waals surface area contributed by atoms with Gasteiger partial charge in [-0.25, -0.2) is 4.98 Å². The summed E-state index contributed by atoms with van der Waals surface area (Å²) in [4.78, 5) is 33.6. The average molecular weight is 613 g/mol. The molecule has 0 aliphatic carbocycles. The highest BCUT2D eigenvalue weighted by Crippen LogP contribution is 2.24. The summed E-state index contributed by atoms with van der Waals surface area (Å²) in [7, 11) is 1.96. The van der Waals surface area contributed by atoms with Crippen LogP contribution in [0.4, 0.5) is 0 Å². The number of aliphatic hydroxyl groups is 1. The first-order chi connectivity index (χ1) is 21.7. The molecule has 2 amide bonds. The maximum Gasteiger partial charge on any atom is 0.251 e. The predicted molar refractivity (Wildman–Crippen MR) is 180 cm³/mol. The molecular formula is C36H48N6O3. The standard InChI is InChI=1S/C36H48N6O3/c1-26(2)25-42(21-22-43)19-8-13-33(36(45)39-27(3)31-12-7-10-29-9-5-6-11-32(29)31)40-35(44)30-16-14-28(15-17-30)23-37-24-34-38-18-20-41(34)4/h5-7,9-12,14-18,20,26-27,33,37,43H,8,13,19,21-25H2,1-4H3,(H,39,45)(H,40,44)/t27-,33?/m0/s1. The first-order valence-electron chi connectivity index (χ1n) is 15.9. The molecule has 0 spiro atoms. The Morgan fingerprint density at radius 2 is 1.69 bits per heavy atom. The minimum Gasteiger partial charge on any atom is -0.395 e. The summed E-state index contributed by atoms with van der Waals surface area (Å²) >= 11 is 0. The van der Waals surface area contributed by atoms with Gasteiger partial charge in [0.1, 0.15) is 11.9 Å². The predicted octanol–water partition coefficient (Wildman–Crippen LogP) is 4.57. The molecule has 3 aromatic carbocycles. The number of aromatic nitrogens is 2. The molecule has 0 saturated heterocycles. The average Bonchev–Trinajstić information content (AvgIpc) is 3.44. The zero-order valence-electron chi connectivity index (χ0n) is 27.0. The highest BCUT2D eigenvalue weighted by molar-refractivity contribution is 5.97. The lowest BCUT2D eigenvalue weighted by molar-refractivity contribution is -0.123. The van der Waals surface area contributed by atoms with Gasteiger partial charge in [-0.1, -0.05) is 68.4 Å². The minimum absolute atomic E-state index is 0.0877. The van der Waals surface area contributed by atoms with E-state index in [1.165, 1.54) is 0 Å². The fourth-order valence-corrected chi connectivity index (χ4v) is 5.66. The zero-order chi connectivity index (χ0) is 32.2. The van der Waals surface area contributed by atoms with E-state index in [9.17, 15) is 14.7 Å². The highest BCUT2D eigenvalue weighted by Gasteiger charge is 2.24. The smallest absolute Gasteiger partial charge is 0.251 e. The van der Waals surface area contributed by atoms with Gasteiger partial charge in [-0.05, 0) is 66.3 Å². The van der Waals surface area contributed by atoms with Gasteiger partial charge in [0.05, 0.1) is 19.2 Å². The van der Waals surface area contributed by atoms with Crippen molar-refractivity contribution in [3.8, 4) is 0 Å². The van der Waals surface area contributed by atoms with Crippen molar-refractivity contribution in [1.82, 2.24) is 30.4 Å². The molecule has 240 valence electrons. The van der Waals surface area contributed by atoms with Crippen molar-refractivity contribution in [3.05, 3.63) is 102 Å².